The van der Waals surface area contributed by atoms with E-state index in [2.05, 4.69) is 68.3 Å². The van der Waals surface area contributed by atoms with Gasteiger partial charge in [0.1, 0.15) is 10.3 Å². The third kappa shape index (κ3) is 10.6. The van der Waals surface area contributed by atoms with E-state index in [0.717, 1.165) is 118 Å². The number of unbranched alkanes of at least 4 members (excludes halogenated alkanes) is 3. The van der Waals surface area contributed by atoms with E-state index >= 15 is 0 Å². The Morgan fingerprint density at radius 1 is 1.06 bits per heavy atom. The van der Waals surface area contributed by atoms with Gasteiger partial charge in [0.25, 0.3) is 5.01 Å². The van der Waals surface area contributed by atoms with Crippen molar-refractivity contribution in [3.8, 4) is 0 Å². The van der Waals surface area contributed by atoms with Crippen LogP contribution in [-0.4, -0.2) is 35.9 Å². The topological polar surface area (TPSA) is 78.2 Å². The number of allylic oxidation sites excluding steroid dienone is 5. The highest BCUT2D eigenvalue weighted by molar-refractivity contribution is 8.03. The number of anilines is 1. The summed E-state index contributed by atoms with van der Waals surface area (Å²) < 4.78 is 13.8. The molecule has 13 heteroatoms. The van der Waals surface area contributed by atoms with Gasteiger partial charge in [0, 0.05) is 64.9 Å². The fourth-order valence-electron chi connectivity index (χ4n) is 6.10. The first kappa shape index (κ1) is 39.7. The number of aromatic nitrogens is 1. The van der Waals surface area contributed by atoms with Crippen molar-refractivity contribution in [3.05, 3.63) is 91.6 Å². The first-order valence-corrected chi connectivity index (χ1v) is 20.5. The molecule has 0 atom stereocenters. The number of thiazole rings is 1. The van der Waals surface area contributed by atoms with Crippen LogP contribution in [-0.2, 0) is 20.7 Å². The number of fused-ring (bicyclic) bond motifs is 2. The Hall–Kier alpha value is -2.48. The number of thioether (sulfide) groups is 1. The number of ether oxygens (including phenoxy) is 1. The Balaban J connectivity index is 1.49. The molecule has 1 aromatic heterocycles. The zero-order chi connectivity index (χ0) is 36.5. The largest absolute Gasteiger partial charge is 0.691 e. The Morgan fingerprint density at radius 3 is 2.61 bits per heavy atom. The maximum Gasteiger partial charge on any atom is 0.414 e. The lowest BCUT2D eigenvalue weighted by Gasteiger charge is -2.26. The molecule has 0 unspecified atom stereocenters. The van der Waals surface area contributed by atoms with Crippen LogP contribution in [0.1, 0.15) is 77.6 Å². The van der Waals surface area contributed by atoms with Gasteiger partial charge in [-0.1, -0.05) is 65.7 Å². The van der Waals surface area contributed by atoms with Crippen LogP contribution in [0.25, 0.3) is 16.3 Å². The van der Waals surface area contributed by atoms with Crippen LogP contribution in [0.4, 0.5) is 10.5 Å². The van der Waals surface area contributed by atoms with E-state index in [0.29, 0.717) is 10.8 Å². The van der Waals surface area contributed by atoms with Crippen LogP contribution in [0, 0.1) is 0 Å². The van der Waals surface area contributed by atoms with E-state index in [1.54, 1.807) is 35.0 Å². The van der Waals surface area contributed by atoms with Gasteiger partial charge in [-0.3, -0.25) is 9.94 Å². The van der Waals surface area contributed by atoms with Crippen molar-refractivity contribution in [2.75, 3.05) is 24.2 Å². The van der Waals surface area contributed by atoms with E-state index in [1.807, 2.05) is 39.0 Å². The lowest BCUT2D eigenvalue weighted by molar-refractivity contribution is -0.777. The standard InChI is InChI=1S/C38H45Cl2N3O5S3/c1-6-7-8-21-42-30-24-28(39)15-17-32(30)50-34(42)19-13-26-11-12-27(36(26)41(5)37(44)46-38(2,3)4)14-20-35-43(22-9-10-23-49-48-47-45)31-25-29(40)16-18-33(31)51-35/h13-20,24-25H,6-12,21-23H2,1-5H3. The van der Waals surface area contributed by atoms with Crippen molar-refractivity contribution in [2.24, 2.45) is 0 Å². The quantitative estimate of drug-likeness (QED) is 0.0495. The van der Waals surface area contributed by atoms with Gasteiger partial charge in [0.05, 0.1) is 16.4 Å². The summed E-state index contributed by atoms with van der Waals surface area (Å²) in [5.74, 6) is 0.643. The van der Waals surface area contributed by atoms with Gasteiger partial charge in [-0.15, -0.1) is 0 Å². The Kier molecular flexibility index (Phi) is 14.4. The number of benzene rings is 2. The maximum atomic E-state index is 13.5. The SMILES string of the molecule is CCCCC[n+]1c(/C=C/C2=C(N(C)C(=O)OC(C)(C)C)C(=C/C=C3\Sc4ccc(Cl)cc4N3CCCCSOO[O-])/CC2)sc2ccc(Cl)cc21. The summed E-state index contributed by atoms with van der Waals surface area (Å²) in [6, 6.07) is 12.0. The molecule has 0 N–H and O–H groups in total. The third-order valence-electron chi connectivity index (χ3n) is 8.43. The fraction of sp³-hybridized carbons (Fsp3) is 0.421. The van der Waals surface area contributed by atoms with Crippen LogP contribution in [0.5, 0.6) is 0 Å². The summed E-state index contributed by atoms with van der Waals surface area (Å²) in [6.07, 6.45) is 14.9. The predicted octanol–water partition coefficient (Wildman–Crippen LogP) is 10.6. The number of halogens is 2. The Bertz CT molecular complexity index is 1830. The Labute approximate surface area is 323 Å². The molecule has 0 fully saturated rings. The second-order valence-corrected chi connectivity index (χ2v) is 17.2. The molecule has 274 valence electrons. The first-order chi connectivity index (χ1) is 24.5. The summed E-state index contributed by atoms with van der Waals surface area (Å²) in [7, 11) is 1.80. The molecule has 3 aromatic rings. The number of nitrogens with zero attached hydrogens (tertiary/aromatic N) is 3. The summed E-state index contributed by atoms with van der Waals surface area (Å²) in [6.45, 7) is 9.55. The number of hydrogen-bond acceptors (Lipinski definition) is 9. The number of carbonyl (C=O) groups is 1. The lowest BCUT2D eigenvalue weighted by atomic mass is 10.1. The molecule has 2 heterocycles. The Morgan fingerprint density at radius 2 is 1.84 bits per heavy atom. The molecule has 0 radical (unpaired) electrons. The van der Waals surface area contributed by atoms with Crippen LogP contribution in [0.2, 0.25) is 10.0 Å². The molecule has 0 saturated carbocycles. The van der Waals surface area contributed by atoms with Gasteiger partial charge >= 0.3 is 6.09 Å². The highest BCUT2D eigenvalue weighted by Gasteiger charge is 2.30. The number of aryl methyl sites for hydroxylation is 1. The van der Waals surface area contributed by atoms with Crippen molar-refractivity contribution >= 4 is 86.4 Å². The zero-order valence-corrected chi connectivity index (χ0v) is 33.7. The van der Waals surface area contributed by atoms with Crippen molar-refractivity contribution < 1.29 is 28.7 Å². The average Bonchev–Trinajstić information content (AvgIpc) is 3.76. The van der Waals surface area contributed by atoms with E-state index in [1.165, 1.54) is 4.70 Å². The minimum absolute atomic E-state index is 0.391. The van der Waals surface area contributed by atoms with E-state index < -0.39 is 11.7 Å². The van der Waals surface area contributed by atoms with E-state index in [9.17, 15) is 10.1 Å². The van der Waals surface area contributed by atoms with Crippen molar-refractivity contribution in [1.82, 2.24) is 4.90 Å². The highest BCUT2D eigenvalue weighted by atomic mass is 35.5. The van der Waals surface area contributed by atoms with Gasteiger partial charge in [0.2, 0.25) is 5.52 Å². The average molecular weight is 791 g/mol. The fourth-order valence-corrected chi connectivity index (χ4v) is 9.00. The number of carbonyl (C=O) groups excluding carboxylic acids is 1. The molecule has 2 aromatic carbocycles. The molecule has 1 aliphatic carbocycles. The first-order valence-electron chi connectivity index (χ1n) is 17.2. The third-order valence-corrected chi connectivity index (χ3v) is 11.8. The zero-order valence-electron chi connectivity index (χ0n) is 29.7. The molecule has 51 heavy (non-hydrogen) atoms. The molecule has 0 spiro atoms. The molecule has 0 bridgehead atoms. The molecule has 2 aliphatic rings. The van der Waals surface area contributed by atoms with Crippen molar-refractivity contribution in [1.29, 1.82) is 0 Å². The summed E-state index contributed by atoms with van der Waals surface area (Å²) in [4.78, 5) is 18.6. The van der Waals surface area contributed by atoms with Gasteiger partial charge in [0.15, 0.2) is 6.54 Å². The smallest absolute Gasteiger partial charge is 0.414 e. The minimum atomic E-state index is -0.630. The molecule has 1 amide bonds. The number of rotatable bonds is 15. The molecular formula is C38H45Cl2N3O5S3. The summed E-state index contributed by atoms with van der Waals surface area (Å²) in [5.41, 5.74) is 4.59. The van der Waals surface area contributed by atoms with Crippen molar-refractivity contribution in [2.45, 2.75) is 89.7 Å². The van der Waals surface area contributed by atoms with Gasteiger partial charge in [-0.05, 0) is 107 Å². The van der Waals surface area contributed by atoms with Crippen LogP contribution >= 0.6 is 58.3 Å². The van der Waals surface area contributed by atoms with Crippen molar-refractivity contribution in [3.63, 3.8) is 0 Å². The van der Waals surface area contributed by atoms with E-state index in [-0.39, 0.29) is 0 Å². The molecular weight excluding hydrogens is 746 g/mol. The number of amides is 1. The monoisotopic (exact) mass is 789 g/mol. The van der Waals surface area contributed by atoms with E-state index in [4.69, 9.17) is 27.9 Å². The molecule has 8 nitrogen and oxygen atoms in total. The van der Waals surface area contributed by atoms with Gasteiger partial charge in [-0.25, -0.2) is 4.79 Å². The lowest BCUT2D eigenvalue weighted by Crippen LogP contribution is -2.35. The normalized spacial score (nSPS) is 16.4. The maximum absolute atomic E-state index is 13.5. The molecule has 0 saturated heterocycles. The van der Waals surface area contributed by atoms with Crippen LogP contribution in [0.3, 0.4) is 0 Å². The predicted molar refractivity (Wildman–Crippen MR) is 211 cm³/mol. The van der Waals surface area contributed by atoms with Crippen LogP contribution < -0.4 is 14.7 Å². The summed E-state index contributed by atoms with van der Waals surface area (Å²) in [5, 5.41) is 17.2. The van der Waals surface area contributed by atoms with Gasteiger partial charge in [-0.2, -0.15) is 8.90 Å². The summed E-state index contributed by atoms with van der Waals surface area (Å²) >= 11 is 17.3. The minimum Gasteiger partial charge on any atom is -0.691 e. The number of hydrogen-bond donors (Lipinski definition) is 0. The van der Waals surface area contributed by atoms with Gasteiger partial charge < -0.3 is 14.9 Å². The number of likely N-dealkylation sites (N-methyl/N-ethyl adjacent to an activating group) is 1. The molecule has 5 rings (SSSR count). The molecule has 1 aliphatic heterocycles. The van der Waals surface area contributed by atoms with Crippen LogP contribution in [0.15, 0.2) is 81.4 Å². The highest BCUT2D eigenvalue weighted by Crippen LogP contribution is 2.47. The second-order valence-electron chi connectivity index (χ2n) is 13.4. The second kappa shape index (κ2) is 18.5.